The van der Waals surface area contributed by atoms with Crippen LogP contribution in [-0.4, -0.2) is 30.9 Å². The number of carbonyl (C=O) groups is 1. The van der Waals surface area contributed by atoms with Crippen LogP contribution in [0.1, 0.15) is 17.5 Å². The van der Waals surface area contributed by atoms with Crippen LogP contribution in [0, 0.1) is 18.3 Å². The topological polar surface area (TPSA) is 108 Å². The molecule has 1 aliphatic heterocycles. The van der Waals surface area contributed by atoms with Crippen molar-refractivity contribution in [1.29, 1.82) is 5.26 Å². The van der Waals surface area contributed by atoms with E-state index in [1.165, 1.54) is 0 Å². The van der Waals surface area contributed by atoms with Gasteiger partial charge in [-0.1, -0.05) is 18.2 Å². The molecule has 1 aromatic heterocycles. The number of hydrogen-bond acceptors (Lipinski definition) is 6. The van der Waals surface area contributed by atoms with Gasteiger partial charge in [0.15, 0.2) is 11.5 Å². The lowest BCUT2D eigenvalue weighted by Crippen LogP contribution is -2.30. The average molecular weight is 403 g/mol. The number of amides is 2. The molecule has 8 nitrogen and oxygen atoms in total. The molecule has 0 spiro atoms. The van der Waals surface area contributed by atoms with Crippen molar-refractivity contribution in [3.8, 4) is 17.6 Å². The van der Waals surface area contributed by atoms with Crippen LogP contribution in [0.5, 0.6) is 11.5 Å². The molecule has 0 radical (unpaired) electrons. The molecule has 0 aliphatic carbocycles. The Morgan fingerprint density at radius 1 is 1.17 bits per heavy atom. The minimum Gasteiger partial charge on any atom is -0.454 e. The zero-order valence-corrected chi connectivity index (χ0v) is 16.5. The van der Waals surface area contributed by atoms with E-state index in [0.29, 0.717) is 42.4 Å². The summed E-state index contributed by atoms with van der Waals surface area (Å²) in [7, 11) is 0. The van der Waals surface area contributed by atoms with Crippen LogP contribution in [0.4, 0.5) is 16.3 Å². The molecular formula is C22H21N5O3. The Kier molecular flexibility index (Phi) is 5.52. The van der Waals surface area contributed by atoms with Crippen molar-refractivity contribution in [2.75, 3.05) is 30.5 Å². The number of urea groups is 1. The first-order valence-corrected chi connectivity index (χ1v) is 9.63. The highest BCUT2D eigenvalue weighted by Gasteiger charge is 2.16. The molecule has 2 amide bonds. The maximum atomic E-state index is 12.0. The fraction of sp³-hybridized carbons (Fsp3) is 0.227. The van der Waals surface area contributed by atoms with Crippen molar-refractivity contribution in [3.05, 3.63) is 53.6 Å². The summed E-state index contributed by atoms with van der Waals surface area (Å²) in [6.07, 6.45) is 0.674. The minimum absolute atomic E-state index is 0.187. The lowest BCUT2D eigenvalue weighted by Gasteiger charge is -2.11. The highest BCUT2D eigenvalue weighted by atomic mass is 16.7. The summed E-state index contributed by atoms with van der Waals surface area (Å²) in [5.74, 6) is 1.81. The Labute approximate surface area is 173 Å². The van der Waals surface area contributed by atoms with Gasteiger partial charge in [-0.15, -0.1) is 0 Å². The van der Waals surface area contributed by atoms with E-state index in [9.17, 15) is 10.1 Å². The number of fused-ring (bicyclic) bond motifs is 2. The predicted molar refractivity (Wildman–Crippen MR) is 114 cm³/mol. The number of nitrogens with zero attached hydrogens (tertiary/aromatic N) is 2. The number of carbonyl (C=O) groups excluding carboxylic acids is 1. The molecule has 4 rings (SSSR count). The lowest BCUT2D eigenvalue weighted by atomic mass is 10.1. The van der Waals surface area contributed by atoms with Gasteiger partial charge in [0.05, 0.1) is 11.1 Å². The number of pyridine rings is 1. The van der Waals surface area contributed by atoms with Crippen molar-refractivity contribution in [3.63, 3.8) is 0 Å². The van der Waals surface area contributed by atoms with Crippen LogP contribution < -0.4 is 25.4 Å². The largest absolute Gasteiger partial charge is 0.454 e. The smallest absolute Gasteiger partial charge is 0.319 e. The van der Waals surface area contributed by atoms with Crippen molar-refractivity contribution in [1.82, 2.24) is 10.3 Å². The second kappa shape index (κ2) is 8.57. The Bertz CT molecular complexity index is 1140. The number of nitriles is 1. The fourth-order valence-electron chi connectivity index (χ4n) is 3.16. The lowest BCUT2D eigenvalue weighted by molar-refractivity contribution is 0.174. The van der Waals surface area contributed by atoms with E-state index in [1.807, 2.05) is 43.3 Å². The molecular weight excluding hydrogens is 382 g/mol. The Hall–Kier alpha value is -3.99. The standard InChI is InChI=1S/C22H21N5O3/c1-14-5-2-3-6-17(14)27-22(28)25-8-4-7-24-21-16(12-23)9-15-10-19-20(30-13-29-19)11-18(15)26-21/h2-3,5-6,9-11H,4,7-8,13H2,1H3,(H,24,26)(H2,25,27,28). The van der Waals surface area contributed by atoms with Gasteiger partial charge in [0.25, 0.3) is 0 Å². The van der Waals surface area contributed by atoms with Gasteiger partial charge in [0.2, 0.25) is 6.79 Å². The maximum absolute atomic E-state index is 12.0. The van der Waals surface area contributed by atoms with Gasteiger partial charge in [0, 0.05) is 30.2 Å². The highest BCUT2D eigenvalue weighted by molar-refractivity contribution is 5.90. The Morgan fingerprint density at radius 3 is 2.77 bits per heavy atom. The van der Waals surface area contributed by atoms with Gasteiger partial charge < -0.3 is 25.4 Å². The van der Waals surface area contributed by atoms with Gasteiger partial charge in [0.1, 0.15) is 11.9 Å². The molecule has 30 heavy (non-hydrogen) atoms. The van der Waals surface area contributed by atoms with E-state index < -0.39 is 0 Å². The first kappa shape index (κ1) is 19.3. The van der Waals surface area contributed by atoms with Crippen LogP contribution in [0.2, 0.25) is 0 Å². The van der Waals surface area contributed by atoms with Crippen molar-refractivity contribution < 1.29 is 14.3 Å². The van der Waals surface area contributed by atoms with Gasteiger partial charge in [-0.25, -0.2) is 9.78 Å². The van der Waals surface area contributed by atoms with Gasteiger partial charge >= 0.3 is 6.03 Å². The molecule has 3 N–H and O–H groups in total. The van der Waals surface area contributed by atoms with E-state index in [-0.39, 0.29) is 12.8 Å². The normalized spacial score (nSPS) is 11.7. The number of aryl methyl sites for hydroxylation is 1. The molecule has 0 bridgehead atoms. The Balaban J connectivity index is 1.31. The van der Waals surface area contributed by atoms with E-state index in [4.69, 9.17) is 9.47 Å². The van der Waals surface area contributed by atoms with Crippen molar-refractivity contribution >= 4 is 28.4 Å². The molecule has 0 saturated carbocycles. The number of benzene rings is 2. The summed E-state index contributed by atoms with van der Waals surface area (Å²) in [6.45, 7) is 3.17. The zero-order valence-electron chi connectivity index (χ0n) is 16.5. The molecule has 3 aromatic rings. The monoisotopic (exact) mass is 403 g/mol. The number of rotatable bonds is 6. The van der Waals surface area contributed by atoms with E-state index in [1.54, 1.807) is 6.07 Å². The maximum Gasteiger partial charge on any atom is 0.319 e. The van der Waals surface area contributed by atoms with Gasteiger partial charge in [-0.05, 0) is 37.1 Å². The SMILES string of the molecule is Cc1ccccc1NC(=O)NCCCNc1nc2cc3c(cc2cc1C#N)OCO3. The Morgan fingerprint density at radius 2 is 1.97 bits per heavy atom. The number of nitrogens with one attached hydrogen (secondary N) is 3. The molecule has 152 valence electrons. The summed E-state index contributed by atoms with van der Waals surface area (Å²) >= 11 is 0. The average Bonchev–Trinajstić information content (AvgIpc) is 3.20. The molecule has 2 aromatic carbocycles. The van der Waals surface area contributed by atoms with E-state index in [2.05, 4.69) is 27.0 Å². The number of para-hydroxylation sites is 1. The zero-order chi connectivity index (χ0) is 20.9. The third-order valence-electron chi connectivity index (χ3n) is 4.75. The van der Waals surface area contributed by atoms with Crippen LogP contribution in [0.3, 0.4) is 0 Å². The highest BCUT2D eigenvalue weighted by Crippen LogP contribution is 2.36. The third kappa shape index (κ3) is 4.20. The minimum atomic E-state index is -0.248. The number of anilines is 2. The second-order valence-corrected chi connectivity index (χ2v) is 6.87. The number of ether oxygens (including phenoxy) is 2. The van der Waals surface area contributed by atoms with Gasteiger partial charge in [-0.3, -0.25) is 0 Å². The van der Waals surface area contributed by atoms with Crippen LogP contribution in [0.25, 0.3) is 10.9 Å². The summed E-state index contributed by atoms with van der Waals surface area (Å²) < 4.78 is 10.8. The van der Waals surface area contributed by atoms with E-state index >= 15 is 0 Å². The second-order valence-electron chi connectivity index (χ2n) is 6.87. The first-order valence-electron chi connectivity index (χ1n) is 9.63. The molecule has 0 unspecified atom stereocenters. The van der Waals surface area contributed by atoms with Crippen molar-refractivity contribution in [2.45, 2.75) is 13.3 Å². The summed E-state index contributed by atoms with van der Waals surface area (Å²) in [4.78, 5) is 16.6. The van der Waals surface area contributed by atoms with Crippen LogP contribution in [0.15, 0.2) is 42.5 Å². The molecule has 1 aliphatic rings. The summed E-state index contributed by atoms with van der Waals surface area (Å²) in [5, 5.41) is 19.1. The summed E-state index contributed by atoms with van der Waals surface area (Å²) in [5.41, 5.74) is 2.96. The number of hydrogen-bond donors (Lipinski definition) is 3. The fourth-order valence-corrected chi connectivity index (χ4v) is 3.16. The molecule has 8 heteroatoms. The number of aromatic nitrogens is 1. The first-order chi connectivity index (χ1) is 14.6. The quantitative estimate of drug-likeness (QED) is 0.541. The molecule has 0 atom stereocenters. The van der Waals surface area contributed by atoms with Crippen LogP contribution in [-0.2, 0) is 0 Å². The van der Waals surface area contributed by atoms with Crippen molar-refractivity contribution in [2.24, 2.45) is 0 Å². The molecule has 2 heterocycles. The van der Waals surface area contributed by atoms with Gasteiger partial charge in [-0.2, -0.15) is 5.26 Å². The van der Waals surface area contributed by atoms with E-state index in [0.717, 1.165) is 22.2 Å². The third-order valence-corrected chi connectivity index (χ3v) is 4.75. The predicted octanol–water partition coefficient (Wildman–Crippen LogP) is 3.77. The summed E-state index contributed by atoms with van der Waals surface area (Å²) in [6, 6.07) is 14.9. The molecule has 0 fully saturated rings. The molecule has 0 saturated heterocycles. The van der Waals surface area contributed by atoms with Crippen LogP contribution >= 0.6 is 0 Å².